The van der Waals surface area contributed by atoms with Crippen LogP contribution in [-0.2, 0) is 0 Å². The molecule has 1 fully saturated rings. The average Bonchev–Trinajstić information content (AvgIpc) is 2.63. The predicted octanol–water partition coefficient (Wildman–Crippen LogP) is 1.45. The minimum Gasteiger partial charge on any atom is -0.311 e. The Kier molecular flexibility index (Phi) is 3.44. The van der Waals surface area contributed by atoms with Crippen LogP contribution >= 0.6 is 12.6 Å². The zero-order valence-electron chi connectivity index (χ0n) is 5.77. The van der Waals surface area contributed by atoms with Gasteiger partial charge in [-0.1, -0.05) is 12.8 Å². The molecule has 1 rings (SSSR count). The molecule has 0 aromatic heterocycles. The summed E-state index contributed by atoms with van der Waals surface area (Å²) in [6, 6.07) is 0.880. The Hall–Kier alpha value is 0.310. The maximum atomic E-state index is 4.15. The molecule has 0 aromatic carbocycles. The van der Waals surface area contributed by atoms with Crippen molar-refractivity contribution in [2.45, 2.75) is 31.7 Å². The molecule has 1 N–H and O–H groups in total. The first kappa shape index (κ1) is 7.42. The SMILES string of the molecule is SCCCCCC1CN1. The minimum absolute atomic E-state index is 0.880. The molecule has 0 radical (unpaired) electrons. The van der Waals surface area contributed by atoms with E-state index in [0.29, 0.717) is 0 Å². The molecule has 1 unspecified atom stereocenters. The third-order valence-electron chi connectivity index (χ3n) is 1.70. The molecule has 0 bridgehead atoms. The lowest BCUT2D eigenvalue weighted by Crippen LogP contribution is -1.89. The molecule has 0 saturated carbocycles. The number of unbranched alkanes of at least 4 members (excludes halogenated alkanes) is 2. The summed E-state index contributed by atoms with van der Waals surface area (Å²) in [7, 11) is 0. The molecule has 0 amide bonds. The van der Waals surface area contributed by atoms with Crippen LogP contribution in [0.25, 0.3) is 0 Å². The second-order valence-electron chi connectivity index (χ2n) is 2.68. The summed E-state index contributed by atoms with van der Waals surface area (Å²) < 4.78 is 0. The van der Waals surface area contributed by atoms with Crippen molar-refractivity contribution in [1.82, 2.24) is 5.32 Å². The van der Waals surface area contributed by atoms with Crippen LogP contribution in [0.15, 0.2) is 0 Å². The third-order valence-corrected chi connectivity index (χ3v) is 2.02. The van der Waals surface area contributed by atoms with Gasteiger partial charge in [0.15, 0.2) is 0 Å². The summed E-state index contributed by atoms with van der Waals surface area (Å²) in [5.74, 6) is 1.05. The smallest absolute Gasteiger partial charge is 0.0193 e. The molecule has 0 aliphatic carbocycles. The zero-order chi connectivity index (χ0) is 6.53. The molecule has 0 spiro atoms. The molecule has 1 atom stereocenters. The van der Waals surface area contributed by atoms with Gasteiger partial charge in [-0.15, -0.1) is 0 Å². The molecule has 1 aliphatic rings. The Morgan fingerprint density at radius 3 is 2.67 bits per heavy atom. The molecule has 54 valence electrons. The van der Waals surface area contributed by atoms with Crippen LogP contribution in [0.1, 0.15) is 25.7 Å². The Morgan fingerprint density at radius 1 is 1.33 bits per heavy atom. The lowest BCUT2D eigenvalue weighted by atomic mass is 10.2. The molecule has 0 aromatic rings. The van der Waals surface area contributed by atoms with Crippen molar-refractivity contribution in [3.05, 3.63) is 0 Å². The van der Waals surface area contributed by atoms with Gasteiger partial charge in [0, 0.05) is 12.6 Å². The van der Waals surface area contributed by atoms with Crippen LogP contribution in [0.2, 0.25) is 0 Å². The van der Waals surface area contributed by atoms with Gasteiger partial charge in [-0.3, -0.25) is 0 Å². The molecule has 9 heavy (non-hydrogen) atoms. The molecule has 1 saturated heterocycles. The topological polar surface area (TPSA) is 21.9 Å². The fraction of sp³-hybridized carbons (Fsp3) is 1.00. The van der Waals surface area contributed by atoms with Crippen LogP contribution in [0.4, 0.5) is 0 Å². The summed E-state index contributed by atoms with van der Waals surface area (Å²) in [6.07, 6.45) is 5.42. The summed E-state index contributed by atoms with van der Waals surface area (Å²) in [5, 5.41) is 3.29. The summed E-state index contributed by atoms with van der Waals surface area (Å²) in [6.45, 7) is 1.26. The number of rotatable bonds is 5. The van der Waals surface area contributed by atoms with Crippen LogP contribution in [0.5, 0.6) is 0 Å². The molecule has 1 heterocycles. The molecular weight excluding hydrogens is 130 g/mol. The monoisotopic (exact) mass is 145 g/mol. The first-order valence-electron chi connectivity index (χ1n) is 3.77. The highest BCUT2D eigenvalue weighted by Crippen LogP contribution is 2.09. The molecule has 1 aliphatic heterocycles. The van der Waals surface area contributed by atoms with E-state index in [-0.39, 0.29) is 0 Å². The Labute approximate surface area is 62.6 Å². The largest absolute Gasteiger partial charge is 0.311 e. The Balaban J connectivity index is 1.71. The predicted molar refractivity (Wildman–Crippen MR) is 44.1 cm³/mol. The number of nitrogens with one attached hydrogen (secondary N) is 1. The summed E-state index contributed by atoms with van der Waals surface area (Å²) >= 11 is 4.15. The van der Waals surface area contributed by atoms with Crippen LogP contribution < -0.4 is 5.32 Å². The highest BCUT2D eigenvalue weighted by atomic mass is 32.1. The van der Waals surface area contributed by atoms with E-state index in [0.717, 1.165) is 11.8 Å². The Morgan fingerprint density at radius 2 is 2.11 bits per heavy atom. The van der Waals surface area contributed by atoms with Crippen molar-refractivity contribution in [3.8, 4) is 0 Å². The van der Waals surface area contributed by atoms with E-state index in [9.17, 15) is 0 Å². The second kappa shape index (κ2) is 4.18. The van der Waals surface area contributed by atoms with E-state index < -0.39 is 0 Å². The number of hydrogen-bond donors (Lipinski definition) is 2. The van der Waals surface area contributed by atoms with Crippen molar-refractivity contribution >= 4 is 12.6 Å². The minimum atomic E-state index is 0.880. The first-order valence-corrected chi connectivity index (χ1v) is 4.41. The highest BCUT2D eigenvalue weighted by molar-refractivity contribution is 7.80. The van der Waals surface area contributed by atoms with E-state index in [1.54, 1.807) is 0 Å². The van der Waals surface area contributed by atoms with Gasteiger partial charge in [-0.25, -0.2) is 0 Å². The van der Waals surface area contributed by atoms with Crippen molar-refractivity contribution in [2.75, 3.05) is 12.3 Å². The van der Waals surface area contributed by atoms with Crippen molar-refractivity contribution in [3.63, 3.8) is 0 Å². The summed E-state index contributed by atoms with van der Waals surface area (Å²) in [5.41, 5.74) is 0. The third kappa shape index (κ3) is 3.82. The quantitative estimate of drug-likeness (QED) is 0.341. The Bertz CT molecular complexity index is 71.3. The highest BCUT2D eigenvalue weighted by Gasteiger charge is 2.17. The second-order valence-corrected chi connectivity index (χ2v) is 3.13. The lowest BCUT2D eigenvalue weighted by Gasteiger charge is -1.94. The standard InChI is InChI=1S/C7H15NS/c9-5-3-1-2-4-7-6-8-7/h7-9H,1-6H2. The van der Waals surface area contributed by atoms with Gasteiger partial charge in [0.1, 0.15) is 0 Å². The van der Waals surface area contributed by atoms with Gasteiger partial charge in [0.2, 0.25) is 0 Å². The number of thiol groups is 1. The lowest BCUT2D eigenvalue weighted by molar-refractivity contribution is 0.663. The van der Waals surface area contributed by atoms with Crippen LogP contribution in [0, 0.1) is 0 Å². The zero-order valence-corrected chi connectivity index (χ0v) is 6.66. The molecular formula is C7H15NS. The van der Waals surface area contributed by atoms with E-state index in [2.05, 4.69) is 17.9 Å². The average molecular weight is 145 g/mol. The van der Waals surface area contributed by atoms with Gasteiger partial charge in [0.25, 0.3) is 0 Å². The van der Waals surface area contributed by atoms with Crippen molar-refractivity contribution in [2.24, 2.45) is 0 Å². The van der Waals surface area contributed by atoms with Gasteiger partial charge in [-0.2, -0.15) is 12.6 Å². The molecule has 1 nitrogen and oxygen atoms in total. The van der Waals surface area contributed by atoms with E-state index >= 15 is 0 Å². The van der Waals surface area contributed by atoms with Crippen LogP contribution in [0.3, 0.4) is 0 Å². The van der Waals surface area contributed by atoms with Gasteiger partial charge >= 0.3 is 0 Å². The maximum absolute atomic E-state index is 4.15. The van der Waals surface area contributed by atoms with E-state index in [1.165, 1.54) is 32.2 Å². The van der Waals surface area contributed by atoms with Gasteiger partial charge in [-0.05, 0) is 18.6 Å². The fourth-order valence-electron chi connectivity index (χ4n) is 0.967. The van der Waals surface area contributed by atoms with E-state index in [4.69, 9.17) is 0 Å². The van der Waals surface area contributed by atoms with Gasteiger partial charge < -0.3 is 5.32 Å². The molecule has 2 heteroatoms. The van der Waals surface area contributed by atoms with Crippen LogP contribution in [-0.4, -0.2) is 18.3 Å². The van der Waals surface area contributed by atoms with Gasteiger partial charge in [0.05, 0.1) is 0 Å². The normalized spacial score (nSPS) is 24.3. The number of hydrogen-bond acceptors (Lipinski definition) is 2. The van der Waals surface area contributed by atoms with Crippen molar-refractivity contribution < 1.29 is 0 Å². The maximum Gasteiger partial charge on any atom is 0.0193 e. The van der Waals surface area contributed by atoms with Crippen molar-refractivity contribution in [1.29, 1.82) is 0 Å². The first-order chi connectivity index (χ1) is 4.43. The summed E-state index contributed by atoms with van der Waals surface area (Å²) in [4.78, 5) is 0. The fourth-order valence-corrected chi connectivity index (χ4v) is 1.19. The van der Waals surface area contributed by atoms with E-state index in [1.807, 2.05) is 0 Å².